The summed E-state index contributed by atoms with van der Waals surface area (Å²) in [5.74, 6) is -0.231. The summed E-state index contributed by atoms with van der Waals surface area (Å²) in [6, 6.07) is 0. The number of nitrogens with two attached hydrogens (primary N) is 2. The molecule has 0 saturated carbocycles. The standard InChI is InChI=1S/C10H22N4O/c11-3-1-4-13-5-2-6-14(8-7-13)9-10(12)15/h1-9,11H2,(H2,12,15). The topological polar surface area (TPSA) is 75.6 Å². The molecule has 1 rings (SSSR count). The van der Waals surface area contributed by atoms with Gasteiger partial charge in [0.15, 0.2) is 0 Å². The van der Waals surface area contributed by atoms with Crippen molar-refractivity contribution in [2.75, 3.05) is 45.8 Å². The van der Waals surface area contributed by atoms with Crippen molar-refractivity contribution < 1.29 is 4.79 Å². The van der Waals surface area contributed by atoms with E-state index in [1.807, 2.05) is 0 Å². The number of primary amides is 1. The Hall–Kier alpha value is -0.650. The first-order chi connectivity index (χ1) is 7.22. The molecule has 1 heterocycles. The number of carbonyl (C=O) groups is 1. The molecule has 0 bridgehead atoms. The second kappa shape index (κ2) is 6.76. The monoisotopic (exact) mass is 214 g/mol. The Morgan fingerprint density at radius 1 is 1.13 bits per heavy atom. The molecule has 1 fully saturated rings. The van der Waals surface area contributed by atoms with E-state index in [1.54, 1.807) is 0 Å². The summed E-state index contributed by atoms with van der Waals surface area (Å²) < 4.78 is 0. The number of hydrogen-bond donors (Lipinski definition) is 2. The fourth-order valence-electron chi connectivity index (χ4n) is 1.94. The van der Waals surface area contributed by atoms with Gasteiger partial charge in [0.1, 0.15) is 0 Å². The summed E-state index contributed by atoms with van der Waals surface area (Å²) in [4.78, 5) is 15.3. The van der Waals surface area contributed by atoms with Crippen LogP contribution in [0, 0.1) is 0 Å². The molecular formula is C10H22N4O. The quantitative estimate of drug-likeness (QED) is 0.604. The lowest BCUT2D eigenvalue weighted by molar-refractivity contribution is -0.119. The van der Waals surface area contributed by atoms with Crippen molar-refractivity contribution in [1.82, 2.24) is 9.80 Å². The van der Waals surface area contributed by atoms with E-state index in [4.69, 9.17) is 11.5 Å². The van der Waals surface area contributed by atoms with Gasteiger partial charge < -0.3 is 16.4 Å². The highest BCUT2D eigenvalue weighted by Gasteiger charge is 2.15. The molecule has 1 aliphatic heterocycles. The maximum absolute atomic E-state index is 10.8. The zero-order valence-electron chi connectivity index (χ0n) is 9.32. The average Bonchev–Trinajstić information content (AvgIpc) is 2.40. The molecule has 1 saturated heterocycles. The van der Waals surface area contributed by atoms with Crippen molar-refractivity contribution in [2.45, 2.75) is 12.8 Å². The van der Waals surface area contributed by atoms with Gasteiger partial charge in [-0.05, 0) is 39.0 Å². The van der Waals surface area contributed by atoms with Crippen LogP contribution in [0.3, 0.4) is 0 Å². The van der Waals surface area contributed by atoms with Gasteiger partial charge in [-0.3, -0.25) is 9.69 Å². The highest BCUT2D eigenvalue weighted by Crippen LogP contribution is 2.02. The second-order valence-corrected chi connectivity index (χ2v) is 4.08. The highest BCUT2D eigenvalue weighted by molar-refractivity contribution is 5.75. The molecule has 15 heavy (non-hydrogen) atoms. The van der Waals surface area contributed by atoms with Crippen LogP contribution in [-0.4, -0.2) is 61.5 Å². The predicted octanol–water partition coefficient (Wildman–Crippen LogP) is -1.17. The number of nitrogens with zero attached hydrogens (tertiary/aromatic N) is 2. The first kappa shape index (κ1) is 12.4. The van der Waals surface area contributed by atoms with Crippen LogP contribution in [0.2, 0.25) is 0 Å². The van der Waals surface area contributed by atoms with Gasteiger partial charge in [0.05, 0.1) is 6.54 Å². The Labute approximate surface area is 91.4 Å². The van der Waals surface area contributed by atoms with E-state index in [1.165, 1.54) is 0 Å². The van der Waals surface area contributed by atoms with Crippen molar-refractivity contribution in [3.05, 3.63) is 0 Å². The van der Waals surface area contributed by atoms with Gasteiger partial charge in [0, 0.05) is 13.1 Å². The first-order valence-electron chi connectivity index (χ1n) is 5.65. The molecule has 0 unspecified atom stereocenters. The first-order valence-corrected chi connectivity index (χ1v) is 5.65. The maximum Gasteiger partial charge on any atom is 0.231 e. The van der Waals surface area contributed by atoms with Crippen molar-refractivity contribution in [3.63, 3.8) is 0 Å². The van der Waals surface area contributed by atoms with E-state index >= 15 is 0 Å². The van der Waals surface area contributed by atoms with E-state index in [0.717, 1.165) is 52.1 Å². The van der Waals surface area contributed by atoms with Gasteiger partial charge in [-0.2, -0.15) is 0 Å². The van der Waals surface area contributed by atoms with E-state index in [2.05, 4.69) is 9.80 Å². The minimum absolute atomic E-state index is 0.231. The van der Waals surface area contributed by atoms with Crippen molar-refractivity contribution >= 4 is 5.91 Å². The van der Waals surface area contributed by atoms with Gasteiger partial charge in [0.25, 0.3) is 0 Å². The molecule has 0 aromatic carbocycles. The molecule has 0 aliphatic carbocycles. The van der Waals surface area contributed by atoms with Gasteiger partial charge in [0.2, 0.25) is 5.91 Å². The van der Waals surface area contributed by atoms with Crippen LogP contribution in [0.25, 0.3) is 0 Å². The lowest BCUT2D eigenvalue weighted by atomic mass is 10.3. The Bertz CT molecular complexity index is 198. The number of carbonyl (C=O) groups excluding carboxylic acids is 1. The third-order valence-electron chi connectivity index (χ3n) is 2.74. The van der Waals surface area contributed by atoms with Crippen LogP contribution < -0.4 is 11.5 Å². The average molecular weight is 214 g/mol. The Morgan fingerprint density at radius 2 is 1.80 bits per heavy atom. The summed E-state index contributed by atoms with van der Waals surface area (Å²) >= 11 is 0. The highest BCUT2D eigenvalue weighted by atomic mass is 16.1. The Balaban J connectivity index is 2.25. The maximum atomic E-state index is 10.8. The van der Waals surface area contributed by atoms with Crippen LogP contribution in [0.4, 0.5) is 0 Å². The van der Waals surface area contributed by atoms with Crippen molar-refractivity contribution in [3.8, 4) is 0 Å². The second-order valence-electron chi connectivity index (χ2n) is 4.08. The third-order valence-corrected chi connectivity index (χ3v) is 2.74. The number of rotatable bonds is 5. The molecular weight excluding hydrogens is 192 g/mol. The predicted molar refractivity (Wildman–Crippen MR) is 60.4 cm³/mol. The molecule has 1 aliphatic rings. The summed E-state index contributed by atoms with van der Waals surface area (Å²) in [5.41, 5.74) is 10.7. The van der Waals surface area contributed by atoms with E-state index in [-0.39, 0.29) is 5.91 Å². The molecule has 0 radical (unpaired) electrons. The lowest BCUT2D eigenvalue weighted by Gasteiger charge is -2.20. The van der Waals surface area contributed by atoms with Crippen LogP contribution in [0.15, 0.2) is 0 Å². The van der Waals surface area contributed by atoms with Gasteiger partial charge in [-0.1, -0.05) is 0 Å². The number of amides is 1. The molecule has 0 aromatic rings. The molecule has 0 aromatic heterocycles. The van der Waals surface area contributed by atoms with Crippen LogP contribution >= 0.6 is 0 Å². The lowest BCUT2D eigenvalue weighted by Crippen LogP contribution is -2.37. The number of hydrogen-bond acceptors (Lipinski definition) is 4. The van der Waals surface area contributed by atoms with Crippen LogP contribution in [-0.2, 0) is 4.79 Å². The molecule has 0 atom stereocenters. The largest absolute Gasteiger partial charge is 0.369 e. The molecule has 4 N–H and O–H groups in total. The SMILES string of the molecule is NCCCN1CCCN(CC(N)=O)CC1. The molecule has 0 spiro atoms. The van der Waals surface area contributed by atoms with Crippen molar-refractivity contribution in [2.24, 2.45) is 11.5 Å². The van der Waals surface area contributed by atoms with E-state index in [0.29, 0.717) is 6.54 Å². The Kier molecular flexibility index (Phi) is 5.60. The Morgan fingerprint density at radius 3 is 2.47 bits per heavy atom. The minimum Gasteiger partial charge on any atom is -0.369 e. The van der Waals surface area contributed by atoms with Crippen LogP contribution in [0.1, 0.15) is 12.8 Å². The summed E-state index contributed by atoms with van der Waals surface area (Å²) in [6.45, 7) is 6.26. The van der Waals surface area contributed by atoms with E-state index in [9.17, 15) is 4.79 Å². The van der Waals surface area contributed by atoms with E-state index < -0.39 is 0 Å². The fraction of sp³-hybridized carbons (Fsp3) is 0.900. The molecule has 1 amide bonds. The van der Waals surface area contributed by atoms with Gasteiger partial charge in [-0.25, -0.2) is 0 Å². The van der Waals surface area contributed by atoms with Crippen LogP contribution in [0.5, 0.6) is 0 Å². The minimum atomic E-state index is -0.231. The third kappa shape index (κ3) is 5.11. The smallest absolute Gasteiger partial charge is 0.231 e. The van der Waals surface area contributed by atoms with Gasteiger partial charge in [-0.15, -0.1) is 0 Å². The fourth-order valence-corrected chi connectivity index (χ4v) is 1.94. The molecule has 88 valence electrons. The summed E-state index contributed by atoms with van der Waals surface area (Å²) in [5, 5.41) is 0. The van der Waals surface area contributed by atoms with Gasteiger partial charge >= 0.3 is 0 Å². The summed E-state index contributed by atoms with van der Waals surface area (Å²) in [6.07, 6.45) is 2.16. The molecule has 5 heteroatoms. The zero-order valence-corrected chi connectivity index (χ0v) is 9.32. The molecule has 5 nitrogen and oxygen atoms in total. The normalized spacial score (nSPS) is 20.1. The zero-order chi connectivity index (χ0) is 11.1. The van der Waals surface area contributed by atoms with Crippen molar-refractivity contribution in [1.29, 1.82) is 0 Å². The summed E-state index contributed by atoms with van der Waals surface area (Å²) in [7, 11) is 0.